The second-order valence-electron chi connectivity index (χ2n) is 3.71. The van der Waals surface area contributed by atoms with E-state index < -0.39 is 0 Å². The Hall–Kier alpha value is -2.50. The van der Waals surface area contributed by atoms with Gasteiger partial charge in [0.05, 0.1) is 12.4 Å². The van der Waals surface area contributed by atoms with Gasteiger partial charge in [0.15, 0.2) is 0 Å². The maximum atomic E-state index is 11.9. The molecule has 0 unspecified atom stereocenters. The number of hydrogen-bond donors (Lipinski definition) is 2. The molecule has 0 aliphatic rings. The van der Waals surface area contributed by atoms with E-state index in [9.17, 15) is 4.79 Å². The molecule has 6 heteroatoms. The van der Waals surface area contributed by atoms with Crippen molar-refractivity contribution in [2.24, 2.45) is 0 Å². The van der Waals surface area contributed by atoms with Crippen molar-refractivity contribution >= 4 is 17.5 Å². The van der Waals surface area contributed by atoms with Crippen LogP contribution in [0.2, 0.25) is 0 Å². The number of amides is 1. The third kappa shape index (κ3) is 2.79. The topological polar surface area (TPSA) is 79.8 Å². The summed E-state index contributed by atoms with van der Waals surface area (Å²) in [5.41, 5.74) is 1.26. The van der Waals surface area contributed by atoms with Crippen molar-refractivity contribution in [2.75, 3.05) is 17.7 Å². The molecule has 2 heterocycles. The van der Waals surface area contributed by atoms with Crippen molar-refractivity contribution in [3.05, 3.63) is 42.0 Å². The molecular formula is C12H13N5O. The minimum absolute atomic E-state index is 0.241. The standard InChI is InChI=1S/C12H13N5O/c1-8-3-4-15-10(5-8)17-12(18)9-6-14-7-11(13-2)16-9/h3-7H,1-2H3,(H,13,16)(H,15,17,18). The average molecular weight is 243 g/mol. The minimum atomic E-state index is -0.335. The number of hydrogen-bond acceptors (Lipinski definition) is 5. The van der Waals surface area contributed by atoms with Crippen LogP contribution in [0.3, 0.4) is 0 Å². The van der Waals surface area contributed by atoms with Crippen molar-refractivity contribution in [3.63, 3.8) is 0 Å². The third-order valence-corrected chi connectivity index (χ3v) is 2.28. The first-order valence-electron chi connectivity index (χ1n) is 5.43. The first-order valence-corrected chi connectivity index (χ1v) is 5.43. The van der Waals surface area contributed by atoms with Crippen molar-refractivity contribution < 1.29 is 4.79 Å². The number of pyridine rings is 1. The maximum absolute atomic E-state index is 11.9. The van der Waals surface area contributed by atoms with E-state index in [0.29, 0.717) is 11.6 Å². The first-order chi connectivity index (χ1) is 8.69. The highest BCUT2D eigenvalue weighted by Crippen LogP contribution is 2.08. The fourth-order valence-electron chi connectivity index (χ4n) is 1.38. The number of aromatic nitrogens is 3. The van der Waals surface area contributed by atoms with Gasteiger partial charge < -0.3 is 10.6 Å². The Morgan fingerprint density at radius 3 is 2.83 bits per heavy atom. The largest absolute Gasteiger partial charge is 0.372 e. The molecule has 2 aromatic rings. The Kier molecular flexibility index (Phi) is 3.47. The van der Waals surface area contributed by atoms with Gasteiger partial charge in [-0.3, -0.25) is 9.78 Å². The van der Waals surface area contributed by atoms with Crippen LogP contribution >= 0.6 is 0 Å². The Balaban J connectivity index is 2.16. The molecular weight excluding hydrogens is 230 g/mol. The molecule has 0 saturated heterocycles. The monoisotopic (exact) mass is 243 g/mol. The van der Waals surface area contributed by atoms with E-state index >= 15 is 0 Å². The molecule has 0 aliphatic carbocycles. The number of nitrogens with zero attached hydrogens (tertiary/aromatic N) is 3. The molecule has 0 saturated carbocycles. The summed E-state index contributed by atoms with van der Waals surface area (Å²) in [6.07, 6.45) is 4.59. The van der Waals surface area contributed by atoms with E-state index in [2.05, 4.69) is 25.6 Å². The molecule has 0 radical (unpaired) electrons. The molecule has 0 aromatic carbocycles. The summed E-state index contributed by atoms with van der Waals surface area (Å²) >= 11 is 0. The van der Waals surface area contributed by atoms with E-state index in [1.807, 2.05) is 13.0 Å². The molecule has 2 aromatic heterocycles. The summed E-state index contributed by atoms with van der Waals surface area (Å²) in [5.74, 6) is 0.703. The fourth-order valence-corrected chi connectivity index (χ4v) is 1.38. The highest BCUT2D eigenvalue weighted by Gasteiger charge is 2.09. The van der Waals surface area contributed by atoms with Gasteiger partial charge in [-0.15, -0.1) is 0 Å². The molecule has 92 valence electrons. The maximum Gasteiger partial charge on any atom is 0.277 e. The van der Waals surface area contributed by atoms with Crippen LogP contribution in [0.25, 0.3) is 0 Å². The van der Waals surface area contributed by atoms with Crippen molar-refractivity contribution in [1.29, 1.82) is 0 Å². The molecule has 0 spiro atoms. The lowest BCUT2D eigenvalue weighted by molar-refractivity contribution is 0.102. The third-order valence-electron chi connectivity index (χ3n) is 2.28. The molecule has 2 N–H and O–H groups in total. The molecule has 0 bridgehead atoms. The van der Waals surface area contributed by atoms with Crippen LogP contribution < -0.4 is 10.6 Å². The summed E-state index contributed by atoms with van der Waals surface area (Å²) in [6.45, 7) is 1.93. The second kappa shape index (κ2) is 5.22. The van der Waals surface area contributed by atoms with Gasteiger partial charge in [0.2, 0.25) is 0 Å². The zero-order valence-corrected chi connectivity index (χ0v) is 10.1. The molecule has 1 amide bonds. The van der Waals surface area contributed by atoms with Crippen molar-refractivity contribution in [3.8, 4) is 0 Å². The van der Waals surface area contributed by atoms with Gasteiger partial charge in [-0.05, 0) is 24.6 Å². The Morgan fingerprint density at radius 1 is 1.28 bits per heavy atom. The normalized spacial score (nSPS) is 9.89. The van der Waals surface area contributed by atoms with Gasteiger partial charge in [-0.2, -0.15) is 0 Å². The number of aryl methyl sites for hydroxylation is 1. The SMILES string of the molecule is CNc1cncc(C(=O)Nc2cc(C)ccn2)n1. The van der Waals surface area contributed by atoms with Crippen molar-refractivity contribution in [2.45, 2.75) is 6.92 Å². The molecule has 2 rings (SSSR count). The number of carbonyl (C=O) groups is 1. The molecule has 6 nitrogen and oxygen atoms in total. The Bertz CT molecular complexity index is 570. The van der Waals surface area contributed by atoms with Gasteiger partial charge >= 0.3 is 0 Å². The number of nitrogens with one attached hydrogen (secondary N) is 2. The van der Waals surface area contributed by atoms with E-state index in [-0.39, 0.29) is 11.6 Å². The zero-order chi connectivity index (χ0) is 13.0. The quantitative estimate of drug-likeness (QED) is 0.853. The van der Waals surface area contributed by atoms with E-state index in [1.165, 1.54) is 6.20 Å². The lowest BCUT2D eigenvalue weighted by Gasteiger charge is -2.05. The fraction of sp³-hybridized carbons (Fsp3) is 0.167. The Morgan fingerprint density at radius 2 is 2.11 bits per heavy atom. The summed E-state index contributed by atoms with van der Waals surface area (Å²) in [6, 6.07) is 3.64. The molecule has 18 heavy (non-hydrogen) atoms. The highest BCUT2D eigenvalue weighted by atomic mass is 16.1. The number of carbonyl (C=O) groups excluding carboxylic acids is 1. The van der Waals surface area contributed by atoms with E-state index in [4.69, 9.17) is 0 Å². The average Bonchev–Trinajstić information content (AvgIpc) is 2.39. The summed E-state index contributed by atoms with van der Waals surface area (Å²) in [4.78, 5) is 24.0. The minimum Gasteiger partial charge on any atom is -0.372 e. The van der Waals surface area contributed by atoms with Crippen LogP contribution in [0.15, 0.2) is 30.7 Å². The number of rotatable bonds is 3. The second-order valence-corrected chi connectivity index (χ2v) is 3.71. The summed E-state index contributed by atoms with van der Waals surface area (Å²) < 4.78 is 0. The highest BCUT2D eigenvalue weighted by molar-refractivity contribution is 6.02. The molecule has 0 aliphatic heterocycles. The zero-order valence-electron chi connectivity index (χ0n) is 10.1. The lowest BCUT2D eigenvalue weighted by Crippen LogP contribution is -2.15. The van der Waals surface area contributed by atoms with Gasteiger partial charge in [0.1, 0.15) is 17.3 Å². The smallest absolute Gasteiger partial charge is 0.277 e. The molecule has 0 fully saturated rings. The first kappa shape index (κ1) is 12.0. The lowest BCUT2D eigenvalue weighted by atomic mass is 10.3. The summed E-state index contributed by atoms with van der Waals surface area (Å²) in [5, 5.41) is 5.50. The van der Waals surface area contributed by atoms with Crippen LogP contribution in [-0.4, -0.2) is 27.9 Å². The summed E-state index contributed by atoms with van der Waals surface area (Å²) in [7, 11) is 1.72. The predicted molar refractivity (Wildman–Crippen MR) is 68.5 cm³/mol. The van der Waals surface area contributed by atoms with Gasteiger partial charge in [-0.25, -0.2) is 9.97 Å². The van der Waals surface area contributed by atoms with Gasteiger partial charge in [0.25, 0.3) is 5.91 Å². The van der Waals surface area contributed by atoms with Gasteiger partial charge in [-0.1, -0.05) is 0 Å². The van der Waals surface area contributed by atoms with Crippen LogP contribution in [0.4, 0.5) is 11.6 Å². The van der Waals surface area contributed by atoms with Crippen molar-refractivity contribution in [1.82, 2.24) is 15.0 Å². The van der Waals surface area contributed by atoms with Crippen LogP contribution in [-0.2, 0) is 0 Å². The number of anilines is 2. The van der Waals surface area contributed by atoms with Crippen LogP contribution in [0.5, 0.6) is 0 Å². The predicted octanol–water partition coefficient (Wildman–Crippen LogP) is 1.47. The van der Waals surface area contributed by atoms with E-state index in [1.54, 1.807) is 25.5 Å². The van der Waals surface area contributed by atoms with Crippen LogP contribution in [0.1, 0.15) is 16.1 Å². The van der Waals surface area contributed by atoms with E-state index in [0.717, 1.165) is 5.56 Å². The molecule has 0 atom stereocenters. The Labute approximate surface area is 105 Å². The van der Waals surface area contributed by atoms with Crippen LogP contribution in [0, 0.1) is 6.92 Å². The van der Waals surface area contributed by atoms with Gasteiger partial charge in [0, 0.05) is 13.2 Å².